The summed E-state index contributed by atoms with van der Waals surface area (Å²) in [5, 5.41) is 3.04. The molecule has 0 spiro atoms. The molecule has 3 nitrogen and oxygen atoms in total. The van der Waals surface area contributed by atoms with Gasteiger partial charge in [-0.2, -0.15) is 0 Å². The van der Waals surface area contributed by atoms with E-state index in [-0.39, 0.29) is 5.91 Å². The SMILES string of the molecule is C=CCNC(=O)CSC(C)CN. The van der Waals surface area contributed by atoms with E-state index in [0.29, 0.717) is 24.1 Å². The first-order valence-corrected chi connectivity index (χ1v) is 4.94. The van der Waals surface area contributed by atoms with Crippen molar-refractivity contribution in [3.8, 4) is 0 Å². The third kappa shape index (κ3) is 6.24. The van der Waals surface area contributed by atoms with Crippen molar-refractivity contribution in [1.82, 2.24) is 5.32 Å². The molecule has 0 fully saturated rings. The molecule has 0 heterocycles. The van der Waals surface area contributed by atoms with Crippen LogP contribution in [-0.4, -0.2) is 30.0 Å². The Bertz CT molecular complexity index is 150. The fraction of sp³-hybridized carbons (Fsp3) is 0.625. The first kappa shape index (κ1) is 11.5. The van der Waals surface area contributed by atoms with E-state index in [4.69, 9.17) is 5.73 Å². The van der Waals surface area contributed by atoms with Gasteiger partial charge in [0.1, 0.15) is 0 Å². The average Bonchev–Trinajstić information content (AvgIpc) is 2.10. The second-order valence-corrected chi connectivity index (χ2v) is 3.88. The first-order valence-electron chi connectivity index (χ1n) is 3.90. The molecule has 70 valence electrons. The van der Waals surface area contributed by atoms with Gasteiger partial charge in [0.25, 0.3) is 0 Å². The summed E-state index contributed by atoms with van der Waals surface area (Å²) in [6.45, 7) is 6.66. The molecule has 0 aromatic rings. The Hall–Kier alpha value is -0.480. The van der Waals surface area contributed by atoms with Crippen LogP contribution in [0.1, 0.15) is 6.92 Å². The zero-order valence-electron chi connectivity index (χ0n) is 7.38. The predicted octanol–water partition coefficient (Wildman–Crippen LogP) is 0.369. The number of amides is 1. The van der Waals surface area contributed by atoms with Gasteiger partial charge < -0.3 is 11.1 Å². The minimum absolute atomic E-state index is 0.0419. The van der Waals surface area contributed by atoms with Crippen LogP contribution in [0.25, 0.3) is 0 Å². The van der Waals surface area contributed by atoms with Crippen LogP contribution in [0.4, 0.5) is 0 Å². The Balaban J connectivity index is 3.36. The van der Waals surface area contributed by atoms with E-state index < -0.39 is 0 Å². The minimum Gasteiger partial charge on any atom is -0.352 e. The largest absolute Gasteiger partial charge is 0.352 e. The maximum Gasteiger partial charge on any atom is 0.230 e. The molecule has 1 atom stereocenters. The second-order valence-electron chi connectivity index (χ2n) is 2.45. The molecule has 0 radical (unpaired) electrons. The van der Waals surface area contributed by atoms with E-state index in [2.05, 4.69) is 11.9 Å². The van der Waals surface area contributed by atoms with Gasteiger partial charge >= 0.3 is 0 Å². The normalized spacial score (nSPS) is 12.2. The molecular formula is C8H16N2OS. The number of thioether (sulfide) groups is 1. The highest BCUT2D eigenvalue weighted by molar-refractivity contribution is 8.00. The van der Waals surface area contributed by atoms with Crippen molar-refractivity contribution in [3.63, 3.8) is 0 Å². The summed E-state index contributed by atoms with van der Waals surface area (Å²) >= 11 is 1.56. The molecule has 1 unspecified atom stereocenters. The van der Waals surface area contributed by atoms with Crippen LogP contribution in [0.2, 0.25) is 0 Å². The minimum atomic E-state index is 0.0419. The van der Waals surface area contributed by atoms with Crippen LogP contribution < -0.4 is 11.1 Å². The zero-order chi connectivity index (χ0) is 9.40. The summed E-state index contributed by atoms with van der Waals surface area (Å²) in [6, 6.07) is 0. The van der Waals surface area contributed by atoms with Crippen molar-refractivity contribution < 1.29 is 4.79 Å². The third-order valence-electron chi connectivity index (χ3n) is 1.27. The lowest BCUT2D eigenvalue weighted by Crippen LogP contribution is -2.26. The smallest absolute Gasteiger partial charge is 0.230 e. The summed E-state index contributed by atoms with van der Waals surface area (Å²) in [5.41, 5.74) is 5.39. The van der Waals surface area contributed by atoms with Gasteiger partial charge in [-0.25, -0.2) is 0 Å². The van der Waals surface area contributed by atoms with Gasteiger partial charge in [-0.3, -0.25) is 4.79 Å². The molecular weight excluding hydrogens is 172 g/mol. The standard InChI is InChI=1S/C8H16N2OS/c1-3-4-10-8(11)6-12-7(2)5-9/h3,7H,1,4-6,9H2,2H3,(H,10,11). The fourth-order valence-electron chi connectivity index (χ4n) is 0.523. The van der Waals surface area contributed by atoms with Crippen molar-refractivity contribution in [3.05, 3.63) is 12.7 Å². The van der Waals surface area contributed by atoms with Crippen molar-refractivity contribution in [2.75, 3.05) is 18.8 Å². The Morgan fingerprint density at radius 2 is 2.50 bits per heavy atom. The highest BCUT2D eigenvalue weighted by Gasteiger charge is 2.03. The van der Waals surface area contributed by atoms with Crippen LogP contribution in [0.5, 0.6) is 0 Å². The zero-order valence-corrected chi connectivity index (χ0v) is 8.19. The van der Waals surface area contributed by atoms with Crippen molar-refractivity contribution in [2.24, 2.45) is 5.73 Å². The van der Waals surface area contributed by atoms with Crippen LogP contribution in [-0.2, 0) is 4.79 Å². The number of carbonyl (C=O) groups is 1. The molecule has 3 N–H and O–H groups in total. The molecule has 0 rings (SSSR count). The molecule has 0 saturated heterocycles. The number of hydrogen-bond donors (Lipinski definition) is 2. The van der Waals surface area contributed by atoms with E-state index in [1.54, 1.807) is 17.8 Å². The molecule has 0 aliphatic heterocycles. The highest BCUT2D eigenvalue weighted by atomic mass is 32.2. The van der Waals surface area contributed by atoms with Crippen LogP contribution >= 0.6 is 11.8 Å². The molecule has 12 heavy (non-hydrogen) atoms. The van der Waals surface area contributed by atoms with Gasteiger partial charge in [-0.15, -0.1) is 18.3 Å². The summed E-state index contributed by atoms with van der Waals surface area (Å²) in [6.07, 6.45) is 1.66. The number of nitrogens with two attached hydrogens (primary N) is 1. The maximum atomic E-state index is 11.0. The lowest BCUT2D eigenvalue weighted by atomic mass is 10.5. The van der Waals surface area contributed by atoms with Crippen LogP contribution in [0, 0.1) is 0 Å². The number of carbonyl (C=O) groups excluding carboxylic acids is 1. The summed E-state index contributed by atoms with van der Waals surface area (Å²) in [5.74, 6) is 0.520. The van der Waals surface area contributed by atoms with E-state index in [0.717, 1.165) is 0 Å². The van der Waals surface area contributed by atoms with Crippen molar-refractivity contribution in [2.45, 2.75) is 12.2 Å². The van der Waals surface area contributed by atoms with Gasteiger partial charge in [0.2, 0.25) is 5.91 Å². The Kier molecular flexibility index (Phi) is 6.90. The molecule has 4 heteroatoms. The van der Waals surface area contributed by atoms with Gasteiger partial charge in [0, 0.05) is 18.3 Å². The van der Waals surface area contributed by atoms with E-state index in [9.17, 15) is 4.79 Å². The van der Waals surface area contributed by atoms with Crippen molar-refractivity contribution in [1.29, 1.82) is 0 Å². The number of rotatable bonds is 6. The quantitative estimate of drug-likeness (QED) is 0.592. The third-order valence-corrected chi connectivity index (χ3v) is 2.46. The van der Waals surface area contributed by atoms with Gasteiger partial charge in [-0.05, 0) is 0 Å². The summed E-state index contributed by atoms with van der Waals surface area (Å²) in [7, 11) is 0. The van der Waals surface area contributed by atoms with E-state index >= 15 is 0 Å². The Morgan fingerprint density at radius 3 is 3.00 bits per heavy atom. The lowest BCUT2D eigenvalue weighted by molar-refractivity contribution is -0.118. The van der Waals surface area contributed by atoms with Gasteiger partial charge in [0.15, 0.2) is 0 Å². The molecule has 0 aromatic carbocycles. The number of hydrogen-bond acceptors (Lipinski definition) is 3. The Morgan fingerprint density at radius 1 is 1.83 bits per heavy atom. The van der Waals surface area contributed by atoms with E-state index in [1.165, 1.54) is 0 Å². The molecule has 1 amide bonds. The summed E-state index contributed by atoms with van der Waals surface area (Å²) < 4.78 is 0. The molecule has 0 bridgehead atoms. The number of nitrogens with one attached hydrogen (secondary N) is 1. The molecule has 0 aromatic heterocycles. The lowest BCUT2D eigenvalue weighted by Gasteiger charge is -2.07. The molecule has 0 aliphatic rings. The predicted molar refractivity (Wildman–Crippen MR) is 54.2 cm³/mol. The van der Waals surface area contributed by atoms with E-state index in [1.807, 2.05) is 6.92 Å². The topological polar surface area (TPSA) is 55.1 Å². The van der Waals surface area contributed by atoms with Crippen LogP contribution in [0.3, 0.4) is 0 Å². The highest BCUT2D eigenvalue weighted by Crippen LogP contribution is 2.07. The monoisotopic (exact) mass is 188 g/mol. The fourth-order valence-corrected chi connectivity index (χ4v) is 1.20. The van der Waals surface area contributed by atoms with Crippen molar-refractivity contribution >= 4 is 17.7 Å². The van der Waals surface area contributed by atoms with Crippen LogP contribution in [0.15, 0.2) is 12.7 Å². The average molecular weight is 188 g/mol. The maximum absolute atomic E-state index is 11.0. The Labute approximate surface area is 77.8 Å². The van der Waals surface area contributed by atoms with Gasteiger partial charge in [0.05, 0.1) is 5.75 Å². The molecule has 0 aliphatic carbocycles. The summed E-state index contributed by atoms with van der Waals surface area (Å²) in [4.78, 5) is 11.0. The first-order chi connectivity index (χ1) is 5.70. The molecule has 0 saturated carbocycles. The second kappa shape index (κ2) is 7.18. The van der Waals surface area contributed by atoms with Gasteiger partial charge in [-0.1, -0.05) is 13.0 Å².